The summed E-state index contributed by atoms with van der Waals surface area (Å²) in [6.07, 6.45) is 5.77. The zero-order valence-electron chi connectivity index (χ0n) is 19.2. The van der Waals surface area contributed by atoms with E-state index in [1.807, 2.05) is 84.6 Å². The van der Waals surface area contributed by atoms with Crippen LogP contribution in [-0.4, -0.2) is 34.3 Å². The Morgan fingerprint density at radius 1 is 0.939 bits per heavy atom. The van der Waals surface area contributed by atoms with Crippen LogP contribution in [0.2, 0.25) is 0 Å². The fraction of sp³-hybridized carbons (Fsp3) is 0.240. The second kappa shape index (κ2) is 9.60. The van der Waals surface area contributed by atoms with Gasteiger partial charge in [0.05, 0.1) is 37.0 Å². The summed E-state index contributed by atoms with van der Waals surface area (Å²) in [7, 11) is 6.81. The van der Waals surface area contributed by atoms with Gasteiger partial charge in [-0.05, 0) is 55.0 Å². The normalized spacial score (nSPS) is 15.2. The Morgan fingerprint density at radius 2 is 1.61 bits per heavy atom. The number of carbonyl (C=O) groups is 1. The molecule has 1 heterocycles. The number of nitrogens with one attached hydrogen (secondary N) is 1. The molecule has 0 aromatic heterocycles. The number of hydrogen-bond donors (Lipinski definition) is 1. The molecule has 0 saturated carbocycles. The third-order valence-corrected chi connectivity index (χ3v) is 5.64. The van der Waals surface area contributed by atoms with E-state index in [1.54, 1.807) is 7.11 Å². The van der Waals surface area contributed by atoms with Crippen molar-refractivity contribution in [3.8, 4) is 0 Å². The first-order valence-corrected chi connectivity index (χ1v) is 10.6. The van der Waals surface area contributed by atoms with Gasteiger partial charge in [-0.3, -0.25) is 0 Å². The van der Waals surface area contributed by atoms with Gasteiger partial charge in [-0.25, -0.2) is 4.79 Å². The summed E-state index contributed by atoms with van der Waals surface area (Å²) in [5.74, 6) is 1.04. The molecule has 0 fully saturated rings. The maximum absolute atomic E-state index is 12.6. The van der Waals surface area contributed by atoms with Crippen LogP contribution in [0.5, 0.6) is 0 Å². The van der Waals surface area contributed by atoms with Gasteiger partial charge in [-0.1, -0.05) is 12.1 Å². The van der Waals surface area contributed by atoms with Crippen LogP contribution < -0.4 is 15.1 Å². The zero-order valence-corrected chi connectivity index (χ0v) is 19.2. The number of benzene rings is 2. The van der Waals surface area contributed by atoms with Crippen molar-refractivity contribution < 1.29 is 14.3 Å². The third kappa shape index (κ3) is 4.59. The topological polar surface area (TPSA) is 78.8 Å². The molecular formula is C25H27N5O3. The first kappa shape index (κ1) is 22.1. The van der Waals surface area contributed by atoms with Crippen molar-refractivity contribution in [3.05, 3.63) is 83.7 Å². The number of hydrogen-bond acceptors (Lipinski definition) is 8. The predicted molar refractivity (Wildman–Crippen MR) is 129 cm³/mol. The second-order valence-electron chi connectivity index (χ2n) is 7.67. The lowest BCUT2D eigenvalue weighted by molar-refractivity contribution is -0.136. The van der Waals surface area contributed by atoms with E-state index in [4.69, 9.17) is 9.47 Å². The highest BCUT2D eigenvalue weighted by Crippen LogP contribution is 2.40. The van der Waals surface area contributed by atoms with Gasteiger partial charge in [0.25, 0.3) is 0 Å². The molecule has 2 aliphatic rings. The Labute approximate surface area is 193 Å². The van der Waals surface area contributed by atoms with Crippen LogP contribution in [-0.2, 0) is 14.3 Å². The van der Waals surface area contributed by atoms with Crippen LogP contribution in [0.1, 0.15) is 12.8 Å². The number of azo groups is 1. The standard InChI is InChI=1S/C25H27N5O3/c1-29-21-7-5-6-8-22(21)30(2)24(29)23(25(31)33-4)28-27-19-11-9-17(10-12-19)26-18-13-15-20(32-3)16-14-18/h5-13,15,26H,14,16H2,1-4H3. The monoisotopic (exact) mass is 445 g/mol. The number of esters is 1. The lowest BCUT2D eigenvalue weighted by Crippen LogP contribution is -2.26. The van der Waals surface area contributed by atoms with Crippen molar-refractivity contribution in [1.29, 1.82) is 0 Å². The molecule has 1 aliphatic heterocycles. The van der Waals surface area contributed by atoms with Gasteiger partial charge in [0.1, 0.15) is 5.82 Å². The number of para-hydroxylation sites is 2. The van der Waals surface area contributed by atoms with Crippen molar-refractivity contribution in [1.82, 2.24) is 0 Å². The number of fused-ring (bicyclic) bond motifs is 1. The van der Waals surface area contributed by atoms with Gasteiger partial charge < -0.3 is 24.6 Å². The molecule has 0 saturated heterocycles. The van der Waals surface area contributed by atoms with Crippen LogP contribution in [0.25, 0.3) is 0 Å². The highest BCUT2D eigenvalue weighted by molar-refractivity contribution is 5.93. The summed E-state index contributed by atoms with van der Waals surface area (Å²) in [6, 6.07) is 15.5. The Bertz CT molecular complexity index is 1130. The number of methoxy groups -OCH3 is 2. The molecule has 2 aromatic rings. The van der Waals surface area contributed by atoms with E-state index in [0.29, 0.717) is 11.5 Å². The van der Waals surface area contributed by atoms with Crippen molar-refractivity contribution in [2.24, 2.45) is 10.2 Å². The molecule has 0 spiro atoms. The van der Waals surface area contributed by atoms with E-state index < -0.39 is 5.97 Å². The fourth-order valence-corrected chi connectivity index (χ4v) is 3.87. The minimum Gasteiger partial charge on any atom is -0.501 e. The third-order valence-electron chi connectivity index (χ3n) is 5.64. The largest absolute Gasteiger partial charge is 0.501 e. The van der Waals surface area contributed by atoms with E-state index in [2.05, 4.69) is 15.5 Å². The summed E-state index contributed by atoms with van der Waals surface area (Å²) in [4.78, 5) is 16.4. The highest BCUT2D eigenvalue weighted by Gasteiger charge is 2.32. The molecule has 0 unspecified atom stereocenters. The summed E-state index contributed by atoms with van der Waals surface area (Å²) in [5, 5.41) is 12.0. The lowest BCUT2D eigenvalue weighted by Gasteiger charge is -2.19. The molecule has 0 amide bonds. The van der Waals surface area contributed by atoms with E-state index in [9.17, 15) is 4.79 Å². The minimum absolute atomic E-state index is 0.133. The Balaban J connectivity index is 1.55. The summed E-state index contributed by atoms with van der Waals surface area (Å²) in [5.41, 5.74) is 4.79. The van der Waals surface area contributed by atoms with Gasteiger partial charge in [0, 0.05) is 31.9 Å². The molecule has 8 nitrogen and oxygen atoms in total. The molecule has 2 aromatic carbocycles. The number of allylic oxidation sites excluding steroid dienone is 4. The van der Waals surface area contributed by atoms with Crippen LogP contribution in [0.4, 0.5) is 22.7 Å². The van der Waals surface area contributed by atoms with Gasteiger partial charge in [-0.2, -0.15) is 5.11 Å². The quantitative estimate of drug-likeness (QED) is 0.368. The van der Waals surface area contributed by atoms with Gasteiger partial charge in [0.2, 0.25) is 5.70 Å². The van der Waals surface area contributed by atoms with Crippen LogP contribution >= 0.6 is 0 Å². The number of rotatable bonds is 6. The second-order valence-corrected chi connectivity index (χ2v) is 7.67. The maximum Gasteiger partial charge on any atom is 0.362 e. The van der Waals surface area contributed by atoms with Crippen molar-refractivity contribution >= 4 is 28.7 Å². The number of ether oxygens (including phenoxy) is 2. The molecule has 170 valence electrons. The average molecular weight is 446 g/mol. The van der Waals surface area contributed by atoms with Crippen LogP contribution in [0, 0.1) is 0 Å². The van der Waals surface area contributed by atoms with E-state index >= 15 is 0 Å². The van der Waals surface area contributed by atoms with E-state index in [1.165, 1.54) is 7.11 Å². The van der Waals surface area contributed by atoms with Gasteiger partial charge >= 0.3 is 5.97 Å². The molecule has 0 radical (unpaired) electrons. The smallest absolute Gasteiger partial charge is 0.362 e. The number of carbonyl (C=O) groups excluding carboxylic acids is 1. The zero-order chi connectivity index (χ0) is 23.4. The average Bonchev–Trinajstić information content (AvgIpc) is 3.11. The Kier molecular flexibility index (Phi) is 6.44. The fourth-order valence-electron chi connectivity index (χ4n) is 3.87. The van der Waals surface area contributed by atoms with E-state index in [-0.39, 0.29) is 5.70 Å². The lowest BCUT2D eigenvalue weighted by atomic mass is 10.1. The van der Waals surface area contributed by atoms with Crippen LogP contribution in [0.3, 0.4) is 0 Å². The van der Waals surface area contributed by atoms with Gasteiger partial charge in [-0.15, -0.1) is 5.11 Å². The first-order valence-electron chi connectivity index (χ1n) is 10.6. The number of anilines is 3. The SMILES string of the molecule is COC(=O)C(N=Nc1ccc(NC2=CC=C(OC)CC2)cc1)=C1N(C)c2ccccc2N1C. The first-order chi connectivity index (χ1) is 16.0. The van der Waals surface area contributed by atoms with Crippen molar-refractivity contribution in [3.63, 3.8) is 0 Å². The number of nitrogens with zero attached hydrogens (tertiary/aromatic N) is 4. The van der Waals surface area contributed by atoms with Crippen molar-refractivity contribution in [2.45, 2.75) is 12.8 Å². The molecule has 4 rings (SSSR count). The van der Waals surface area contributed by atoms with E-state index in [0.717, 1.165) is 41.4 Å². The molecule has 0 bridgehead atoms. The minimum atomic E-state index is -0.550. The highest BCUT2D eigenvalue weighted by atomic mass is 16.5. The molecule has 1 N–H and O–H groups in total. The summed E-state index contributed by atoms with van der Waals surface area (Å²) < 4.78 is 10.3. The van der Waals surface area contributed by atoms with Gasteiger partial charge in [0.15, 0.2) is 0 Å². The Morgan fingerprint density at radius 3 is 2.15 bits per heavy atom. The molecular weight excluding hydrogens is 418 g/mol. The molecule has 1 aliphatic carbocycles. The summed E-state index contributed by atoms with van der Waals surface area (Å²) in [6.45, 7) is 0. The molecule has 0 atom stereocenters. The maximum atomic E-state index is 12.6. The summed E-state index contributed by atoms with van der Waals surface area (Å²) >= 11 is 0. The Hall–Kier alpha value is -4.07. The molecule has 33 heavy (non-hydrogen) atoms. The molecule has 8 heteroatoms. The predicted octanol–water partition coefficient (Wildman–Crippen LogP) is 5.32. The van der Waals surface area contributed by atoms with Crippen molar-refractivity contribution in [2.75, 3.05) is 43.4 Å². The van der Waals surface area contributed by atoms with Crippen LogP contribution in [0.15, 0.2) is 93.9 Å².